The molecular weight excluding hydrogens is 208 g/mol. The first kappa shape index (κ1) is 10.8. The molecular formula is C12H14O4. The van der Waals surface area contributed by atoms with Gasteiger partial charge in [-0.15, -0.1) is 0 Å². The third kappa shape index (κ3) is 1.83. The van der Waals surface area contributed by atoms with Crippen molar-refractivity contribution in [1.82, 2.24) is 0 Å². The molecule has 16 heavy (non-hydrogen) atoms. The van der Waals surface area contributed by atoms with Crippen molar-refractivity contribution >= 4 is 5.97 Å². The van der Waals surface area contributed by atoms with Gasteiger partial charge in [-0.2, -0.15) is 0 Å². The van der Waals surface area contributed by atoms with E-state index < -0.39 is 5.97 Å². The van der Waals surface area contributed by atoms with E-state index in [0.717, 1.165) is 11.1 Å². The fourth-order valence-electron chi connectivity index (χ4n) is 1.98. The molecule has 4 heteroatoms. The predicted octanol–water partition coefficient (Wildman–Crippen LogP) is 2.17. The highest BCUT2D eigenvalue weighted by atomic mass is 16.7. The highest BCUT2D eigenvalue weighted by molar-refractivity contribution is 5.72. The van der Waals surface area contributed by atoms with Crippen LogP contribution in [0.25, 0.3) is 0 Å². The number of carbonyl (C=O) groups is 1. The summed E-state index contributed by atoms with van der Waals surface area (Å²) in [4.78, 5) is 10.8. The van der Waals surface area contributed by atoms with Crippen LogP contribution in [-0.2, 0) is 11.2 Å². The van der Waals surface area contributed by atoms with Crippen molar-refractivity contribution in [1.29, 1.82) is 0 Å². The smallest absolute Gasteiger partial charge is 0.307 e. The van der Waals surface area contributed by atoms with E-state index in [1.54, 1.807) is 12.1 Å². The van der Waals surface area contributed by atoms with Crippen molar-refractivity contribution in [3.63, 3.8) is 0 Å². The van der Waals surface area contributed by atoms with Gasteiger partial charge >= 0.3 is 5.97 Å². The molecule has 0 bridgehead atoms. The molecule has 0 aliphatic carbocycles. The molecule has 86 valence electrons. The summed E-state index contributed by atoms with van der Waals surface area (Å²) in [6.07, 6.45) is 0.0180. The molecule has 0 amide bonds. The highest BCUT2D eigenvalue weighted by Gasteiger charge is 2.23. The Kier molecular flexibility index (Phi) is 2.73. The van der Waals surface area contributed by atoms with Crippen LogP contribution in [0.2, 0.25) is 0 Å². The van der Waals surface area contributed by atoms with Gasteiger partial charge in [0, 0.05) is 5.56 Å². The Hall–Kier alpha value is -1.71. The molecule has 0 unspecified atom stereocenters. The Bertz CT molecular complexity index is 423. The van der Waals surface area contributed by atoms with Gasteiger partial charge in [-0.05, 0) is 17.5 Å². The summed E-state index contributed by atoms with van der Waals surface area (Å²) < 4.78 is 10.7. The van der Waals surface area contributed by atoms with Gasteiger partial charge in [0.15, 0.2) is 11.5 Å². The largest absolute Gasteiger partial charge is 0.481 e. The Labute approximate surface area is 93.8 Å². The molecule has 1 aliphatic heterocycles. The van der Waals surface area contributed by atoms with Crippen molar-refractivity contribution in [2.75, 3.05) is 6.79 Å². The zero-order valence-corrected chi connectivity index (χ0v) is 9.32. The molecule has 1 heterocycles. The quantitative estimate of drug-likeness (QED) is 0.851. The average Bonchev–Trinajstić information content (AvgIpc) is 2.63. The first-order chi connectivity index (χ1) is 7.59. The Morgan fingerprint density at radius 1 is 1.44 bits per heavy atom. The van der Waals surface area contributed by atoms with Crippen molar-refractivity contribution in [3.05, 3.63) is 23.3 Å². The Balaban J connectivity index is 2.49. The van der Waals surface area contributed by atoms with E-state index in [9.17, 15) is 4.79 Å². The first-order valence-electron chi connectivity index (χ1n) is 5.22. The molecule has 1 aromatic carbocycles. The fourth-order valence-corrected chi connectivity index (χ4v) is 1.98. The lowest BCUT2D eigenvalue weighted by atomic mass is 9.94. The molecule has 0 saturated heterocycles. The normalized spacial score (nSPS) is 13.2. The predicted molar refractivity (Wildman–Crippen MR) is 58.0 cm³/mol. The molecule has 2 rings (SSSR count). The van der Waals surface area contributed by atoms with Crippen molar-refractivity contribution in [3.8, 4) is 11.5 Å². The van der Waals surface area contributed by atoms with Gasteiger partial charge in [-0.25, -0.2) is 0 Å². The Morgan fingerprint density at radius 2 is 2.19 bits per heavy atom. The van der Waals surface area contributed by atoms with Gasteiger partial charge in [-0.3, -0.25) is 4.79 Å². The highest BCUT2D eigenvalue weighted by Crippen LogP contribution is 2.41. The standard InChI is InChI=1S/C12H14O4/c1-7(2)11-8(5-10(13)14)3-4-9-12(11)16-6-15-9/h3-4,7H,5-6H2,1-2H3,(H,13,14). The maximum atomic E-state index is 10.8. The zero-order chi connectivity index (χ0) is 11.7. The van der Waals surface area contributed by atoms with Crippen LogP contribution >= 0.6 is 0 Å². The number of hydrogen-bond acceptors (Lipinski definition) is 3. The summed E-state index contributed by atoms with van der Waals surface area (Å²) in [7, 11) is 0. The van der Waals surface area contributed by atoms with Crippen LogP contribution in [0, 0.1) is 0 Å². The SMILES string of the molecule is CC(C)c1c(CC(=O)O)ccc2c1OCO2. The minimum atomic E-state index is -0.833. The average molecular weight is 222 g/mol. The number of hydrogen-bond donors (Lipinski definition) is 1. The summed E-state index contributed by atoms with van der Waals surface area (Å²) >= 11 is 0. The molecule has 4 nitrogen and oxygen atoms in total. The molecule has 0 fully saturated rings. The maximum Gasteiger partial charge on any atom is 0.307 e. The molecule has 0 radical (unpaired) electrons. The summed E-state index contributed by atoms with van der Waals surface area (Å²) in [5.74, 6) is 0.790. The van der Waals surface area contributed by atoms with Crippen LogP contribution in [0.3, 0.4) is 0 Å². The van der Waals surface area contributed by atoms with E-state index in [0.29, 0.717) is 11.5 Å². The van der Waals surface area contributed by atoms with E-state index in [2.05, 4.69) is 0 Å². The van der Waals surface area contributed by atoms with Crippen LogP contribution in [0.4, 0.5) is 0 Å². The van der Waals surface area contributed by atoms with Gasteiger partial charge in [0.25, 0.3) is 0 Å². The molecule has 0 aromatic heterocycles. The van der Waals surface area contributed by atoms with Gasteiger partial charge in [0.1, 0.15) is 0 Å². The third-order valence-electron chi connectivity index (χ3n) is 2.59. The van der Waals surface area contributed by atoms with Crippen LogP contribution in [0.5, 0.6) is 11.5 Å². The number of carboxylic acid groups (broad SMARTS) is 1. The third-order valence-corrected chi connectivity index (χ3v) is 2.59. The minimum absolute atomic E-state index is 0.0180. The van der Waals surface area contributed by atoms with E-state index in [-0.39, 0.29) is 19.1 Å². The Morgan fingerprint density at radius 3 is 2.81 bits per heavy atom. The molecule has 0 spiro atoms. The van der Waals surface area contributed by atoms with Crippen LogP contribution < -0.4 is 9.47 Å². The topological polar surface area (TPSA) is 55.8 Å². The maximum absolute atomic E-state index is 10.8. The number of aliphatic carboxylic acids is 1. The zero-order valence-electron chi connectivity index (χ0n) is 9.32. The fraction of sp³-hybridized carbons (Fsp3) is 0.417. The lowest BCUT2D eigenvalue weighted by Gasteiger charge is -2.14. The van der Waals surface area contributed by atoms with Crippen LogP contribution in [0.1, 0.15) is 30.9 Å². The van der Waals surface area contributed by atoms with Gasteiger partial charge in [-0.1, -0.05) is 19.9 Å². The molecule has 0 saturated carbocycles. The van der Waals surface area contributed by atoms with Crippen molar-refractivity contribution in [2.24, 2.45) is 0 Å². The monoisotopic (exact) mass is 222 g/mol. The van der Waals surface area contributed by atoms with Gasteiger partial charge < -0.3 is 14.6 Å². The minimum Gasteiger partial charge on any atom is -0.481 e. The first-order valence-corrected chi connectivity index (χ1v) is 5.22. The number of rotatable bonds is 3. The van der Waals surface area contributed by atoms with Crippen molar-refractivity contribution < 1.29 is 19.4 Å². The van der Waals surface area contributed by atoms with E-state index in [1.807, 2.05) is 13.8 Å². The van der Waals surface area contributed by atoms with E-state index in [4.69, 9.17) is 14.6 Å². The van der Waals surface area contributed by atoms with Crippen LogP contribution in [-0.4, -0.2) is 17.9 Å². The van der Waals surface area contributed by atoms with Crippen molar-refractivity contribution in [2.45, 2.75) is 26.2 Å². The second kappa shape index (κ2) is 4.04. The summed E-state index contributed by atoms with van der Waals surface area (Å²) in [5, 5.41) is 8.85. The van der Waals surface area contributed by atoms with Gasteiger partial charge in [0.05, 0.1) is 6.42 Å². The number of ether oxygens (including phenoxy) is 2. The van der Waals surface area contributed by atoms with Crippen LogP contribution in [0.15, 0.2) is 12.1 Å². The summed E-state index contributed by atoms with van der Waals surface area (Å²) in [6.45, 7) is 4.25. The summed E-state index contributed by atoms with van der Waals surface area (Å²) in [6, 6.07) is 3.57. The summed E-state index contributed by atoms with van der Waals surface area (Å²) in [5.41, 5.74) is 1.74. The molecule has 1 aromatic rings. The number of carboxylic acids is 1. The second-order valence-corrected chi connectivity index (χ2v) is 4.10. The van der Waals surface area contributed by atoms with Gasteiger partial charge in [0.2, 0.25) is 6.79 Å². The van der Waals surface area contributed by atoms with E-state index in [1.165, 1.54) is 0 Å². The second-order valence-electron chi connectivity index (χ2n) is 4.10. The molecule has 0 atom stereocenters. The lowest BCUT2D eigenvalue weighted by Crippen LogP contribution is -2.05. The molecule has 1 aliphatic rings. The number of fused-ring (bicyclic) bond motifs is 1. The molecule has 1 N–H and O–H groups in total. The lowest BCUT2D eigenvalue weighted by molar-refractivity contribution is -0.136. The number of benzene rings is 1. The van der Waals surface area contributed by atoms with E-state index >= 15 is 0 Å².